The third-order valence-corrected chi connectivity index (χ3v) is 3.63. The van der Waals surface area contributed by atoms with E-state index in [1.165, 1.54) is 7.11 Å². The van der Waals surface area contributed by atoms with Gasteiger partial charge in [-0.05, 0) is 17.7 Å². The van der Waals surface area contributed by atoms with Crippen molar-refractivity contribution in [2.75, 3.05) is 27.3 Å². The van der Waals surface area contributed by atoms with Crippen molar-refractivity contribution >= 4 is 17.6 Å². The average molecular weight is 270 g/mol. The molecule has 0 aliphatic carbocycles. The van der Waals surface area contributed by atoms with Gasteiger partial charge < -0.3 is 14.8 Å². The lowest BCUT2D eigenvalue weighted by Crippen LogP contribution is -2.22. The van der Waals surface area contributed by atoms with Crippen molar-refractivity contribution < 1.29 is 14.3 Å². The predicted octanol–water partition coefficient (Wildman–Crippen LogP) is 1.82. The highest BCUT2D eigenvalue weighted by atomic mass is 35.5. The second-order valence-corrected chi connectivity index (χ2v) is 4.70. The zero-order valence-electron chi connectivity index (χ0n) is 10.4. The average Bonchev–Trinajstić information content (AvgIpc) is 2.87. The van der Waals surface area contributed by atoms with Gasteiger partial charge in [-0.15, -0.1) is 0 Å². The minimum absolute atomic E-state index is 0.101. The van der Waals surface area contributed by atoms with Crippen LogP contribution in [0.2, 0.25) is 5.02 Å². The Morgan fingerprint density at radius 1 is 1.39 bits per heavy atom. The highest BCUT2D eigenvalue weighted by molar-refractivity contribution is 6.32. The quantitative estimate of drug-likeness (QED) is 0.851. The van der Waals surface area contributed by atoms with Crippen molar-refractivity contribution in [2.24, 2.45) is 5.92 Å². The van der Waals surface area contributed by atoms with Gasteiger partial charge in [0.1, 0.15) is 5.75 Å². The van der Waals surface area contributed by atoms with Gasteiger partial charge in [0, 0.05) is 19.0 Å². The normalized spacial score (nSPS) is 22.8. The van der Waals surface area contributed by atoms with Crippen LogP contribution in [-0.4, -0.2) is 33.3 Å². The number of halogens is 1. The van der Waals surface area contributed by atoms with Gasteiger partial charge in [0.25, 0.3) is 0 Å². The van der Waals surface area contributed by atoms with Crippen LogP contribution in [0.4, 0.5) is 0 Å². The molecule has 1 aliphatic heterocycles. The lowest BCUT2D eigenvalue weighted by Gasteiger charge is -2.17. The van der Waals surface area contributed by atoms with E-state index in [1.54, 1.807) is 13.2 Å². The molecule has 2 rings (SSSR count). The van der Waals surface area contributed by atoms with E-state index in [0.29, 0.717) is 17.3 Å². The Labute approximate surface area is 111 Å². The van der Waals surface area contributed by atoms with Crippen LogP contribution in [0.25, 0.3) is 0 Å². The second-order valence-electron chi connectivity index (χ2n) is 4.29. The minimum Gasteiger partial charge on any atom is -0.495 e. The fourth-order valence-electron chi connectivity index (χ4n) is 2.34. The fourth-order valence-corrected chi connectivity index (χ4v) is 2.53. The van der Waals surface area contributed by atoms with E-state index in [2.05, 4.69) is 5.32 Å². The monoisotopic (exact) mass is 269 g/mol. The molecule has 1 heterocycles. The van der Waals surface area contributed by atoms with Gasteiger partial charge in [-0.2, -0.15) is 0 Å². The van der Waals surface area contributed by atoms with Gasteiger partial charge in [-0.25, -0.2) is 0 Å². The largest absolute Gasteiger partial charge is 0.495 e. The Bertz CT molecular complexity index is 450. The molecule has 0 bridgehead atoms. The molecular weight excluding hydrogens is 254 g/mol. The minimum atomic E-state index is -0.182. The molecule has 1 aromatic carbocycles. The van der Waals surface area contributed by atoms with Crippen LogP contribution in [0.5, 0.6) is 5.75 Å². The van der Waals surface area contributed by atoms with Gasteiger partial charge in [0.2, 0.25) is 0 Å². The third-order valence-electron chi connectivity index (χ3n) is 3.32. The standard InChI is InChI=1S/C13H16ClNO3/c1-17-12-5-8(3-4-11(12)14)9-6-15-7-10(9)13(16)18-2/h3-5,9-10,15H,6-7H2,1-2H3/t9-,10+/m0/s1. The van der Waals surface area contributed by atoms with Crippen molar-refractivity contribution in [3.63, 3.8) is 0 Å². The second kappa shape index (κ2) is 5.59. The number of hydrogen-bond donors (Lipinski definition) is 1. The highest BCUT2D eigenvalue weighted by Crippen LogP contribution is 2.34. The van der Waals surface area contributed by atoms with Crippen LogP contribution < -0.4 is 10.1 Å². The number of nitrogens with one attached hydrogen (secondary N) is 1. The lowest BCUT2D eigenvalue weighted by atomic mass is 9.89. The summed E-state index contributed by atoms with van der Waals surface area (Å²) in [4.78, 5) is 11.7. The first kappa shape index (κ1) is 13.2. The first-order valence-electron chi connectivity index (χ1n) is 5.79. The molecule has 1 aliphatic rings. The van der Waals surface area contributed by atoms with Crippen LogP contribution in [0.1, 0.15) is 11.5 Å². The van der Waals surface area contributed by atoms with Gasteiger partial charge in [-0.1, -0.05) is 17.7 Å². The number of hydrogen-bond acceptors (Lipinski definition) is 4. The third kappa shape index (κ3) is 2.44. The van der Waals surface area contributed by atoms with E-state index >= 15 is 0 Å². The summed E-state index contributed by atoms with van der Waals surface area (Å²) < 4.78 is 10.0. The molecule has 0 unspecified atom stereocenters. The highest BCUT2D eigenvalue weighted by Gasteiger charge is 2.35. The zero-order chi connectivity index (χ0) is 13.1. The number of methoxy groups -OCH3 is 2. The molecule has 0 aromatic heterocycles. The Hall–Kier alpha value is -1.26. The summed E-state index contributed by atoms with van der Waals surface area (Å²) in [5.74, 6) is 0.396. The van der Waals surface area contributed by atoms with E-state index in [9.17, 15) is 4.79 Å². The Balaban J connectivity index is 2.27. The van der Waals surface area contributed by atoms with Crippen LogP contribution in [0.3, 0.4) is 0 Å². The molecule has 98 valence electrons. The van der Waals surface area contributed by atoms with Crippen molar-refractivity contribution in [1.82, 2.24) is 5.32 Å². The molecule has 0 radical (unpaired) electrons. The Kier molecular flexibility index (Phi) is 4.09. The number of esters is 1. The molecule has 5 heteroatoms. The van der Waals surface area contributed by atoms with Crippen LogP contribution in [0, 0.1) is 5.92 Å². The summed E-state index contributed by atoms with van der Waals surface area (Å²) in [5, 5.41) is 3.78. The molecule has 1 N–H and O–H groups in total. The van der Waals surface area contributed by atoms with E-state index in [1.807, 2.05) is 12.1 Å². The van der Waals surface area contributed by atoms with Crippen LogP contribution >= 0.6 is 11.6 Å². The molecule has 18 heavy (non-hydrogen) atoms. The summed E-state index contributed by atoms with van der Waals surface area (Å²) in [6.07, 6.45) is 0. The first-order chi connectivity index (χ1) is 8.67. The SMILES string of the molecule is COC(=O)[C@@H]1CNC[C@H]1c1ccc(Cl)c(OC)c1. The molecule has 0 amide bonds. The maximum Gasteiger partial charge on any atom is 0.310 e. The summed E-state index contributed by atoms with van der Waals surface area (Å²) >= 11 is 6.00. The van der Waals surface area contributed by atoms with Crippen molar-refractivity contribution in [2.45, 2.75) is 5.92 Å². The molecule has 1 fully saturated rings. The van der Waals surface area contributed by atoms with Gasteiger partial charge in [0.15, 0.2) is 0 Å². The van der Waals surface area contributed by atoms with Crippen LogP contribution in [-0.2, 0) is 9.53 Å². The molecule has 1 aromatic rings. The maximum absolute atomic E-state index is 11.7. The van der Waals surface area contributed by atoms with E-state index in [4.69, 9.17) is 21.1 Å². The molecule has 1 saturated heterocycles. The summed E-state index contributed by atoms with van der Waals surface area (Å²) in [6.45, 7) is 1.40. The van der Waals surface area contributed by atoms with Gasteiger partial charge in [-0.3, -0.25) is 4.79 Å². The zero-order valence-corrected chi connectivity index (χ0v) is 11.2. The summed E-state index contributed by atoms with van der Waals surface area (Å²) in [7, 11) is 3.00. The fraction of sp³-hybridized carbons (Fsp3) is 0.462. The maximum atomic E-state index is 11.7. The van der Waals surface area contributed by atoms with E-state index < -0.39 is 0 Å². The number of carbonyl (C=O) groups excluding carboxylic acids is 1. The van der Waals surface area contributed by atoms with Crippen molar-refractivity contribution in [3.8, 4) is 5.75 Å². The topological polar surface area (TPSA) is 47.6 Å². The molecule has 0 spiro atoms. The van der Waals surface area contributed by atoms with Crippen LogP contribution in [0.15, 0.2) is 18.2 Å². The predicted molar refractivity (Wildman–Crippen MR) is 69.1 cm³/mol. The molecule has 2 atom stereocenters. The van der Waals surface area contributed by atoms with E-state index in [-0.39, 0.29) is 17.8 Å². The smallest absolute Gasteiger partial charge is 0.310 e. The summed E-state index contributed by atoms with van der Waals surface area (Å²) in [5.41, 5.74) is 1.04. The van der Waals surface area contributed by atoms with Gasteiger partial charge >= 0.3 is 5.97 Å². The first-order valence-corrected chi connectivity index (χ1v) is 6.17. The number of ether oxygens (including phenoxy) is 2. The number of rotatable bonds is 3. The summed E-state index contributed by atoms with van der Waals surface area (Å²) in [6, 6.07) is 5.61. The van der Waals surface area contributed by atoms with Gasteiger partial charge in [0.05, 0.1) is 25.2 Å². The number of benzene rings is 1. The molecular formula is C13H16ClNO3. The molecule has 0 saturated carbocycles. The number of carbonyl (C=O) groups is 1. The Morgan fingerprint density at radius 2 is 2.17 bits per heavy atom. The lowest BCUT2D eigenvalue weighted by molar-refractivity contribution is -0.145. The van der Waals surface area contributed by atoms with Crippen molar-refractivity contribution in [1.29, 1.82) is 0 Å². The Morgan fingerprint density at radius 3 is 2.83 bits per heavy atom. The van der Waals surface area contributed by atoms with E-state index in [0.717, 1.165) is 12.1 Å². The molecule has 4 nitrogen and oxygen atoms in total. The van der Waals surface area contributed by atoms with Crippen molar-refractivity contribution in [3.05, 3.63) is 28.8 Å².